The van der Waals surface area contributed by atoms with Gasteiger partial charge in [0.25, 0.3) is 0 Å². The van der Waals surface area contributed by atoms with Crippen molar-refractivity contribution >= 4 is 5.97 Å². The number of hydrogen-bond donors (Lipinski definition) is 1. The van der Waals surface area contributed by atoms with E-state index < -0.39 is 11.4 Å². The van der Waals surface area contributed by atoms with Gasteiger partial charge in [0, 0.05) is 0 Å². The molecule has 0 aliphatic heterocycles. The minimum Gasteiger partial charge on any atom is -0.481 e. The van der Waals surface area contributed by atoms with Crippen LogP contribution < -0.4 is 0 Å². The molecule has 0 spiro atoms. The van der Waals surface area contributed by atoms with Crippen LogP contribution in [0.4, 0.5) is 0 Å². The molecular weight excluding hydrogens is 272 g/mol. The molecule has 6 atom stereocenters. The van der Waals surface area contributed by atoms with Crippen LogP contribution in [0.5, 0.6) is 0 Å². The lowest BCUT2D eigenvalue weighted by molar-refractivity contribution is -0.173. The largest absolute Gasteiger partial charge is 0.481 e. The van der Waals surface area contributed by atoms with Gasteiger partial charge in [-0.05, 0) is 86.9 Å². The number of aliphatic carboxylic acids is 1. The van der Waals surface area contributed by atoms with Crippen molar-refractivity contribution in [3.8, 4) is 0 Å². The maximum absolute atomic E-state index is 12.0. The third kappa shape index (κ3) is 2.32. The lowest BCUT2D eigenvalue weighted by Crippen LogP contribution is -2.56. The molecule has 2 heteroatoms. The van der Waals surface area contributed by atoms with Crippen LogP contribution in [0.1, 0.15) is 79.1 Å². The molecule has 0 amide bonds. The summed E-state index contributed by atoms with van der Waals surface area (Å²) < 4.78 is 0. The van der Waals surface area contributed by atoms with Gasteiger partial charge in [0.2, 0.25) is 0 Å². The van der Waals surface area contributed by atoms with E-state index in [2.05, 4.69) is 20.8 Å². The van der Waals surface area contributed by atoms with E-state index in [9.17, 15) is 9.90 Å². The number of carbonyl (C=O) groups is 1. The number of carboxylic acid groups (broad SMARTS) is 1. The maximum Gasteiger partial charge on any atom is 0.309 e. The highest BCUT2D eigenvalue weighted by molar-refractivity contribution is 5.75. The Balaban J connectivity index is 1.86. The lowest BCUT2D eigenvalue weighted by atomic mass is 9.43. The van der Waals surface area contributed by atoms with Crippen LogP contribution in [-0.2, 0) is 4.79 Å². The fraction of sp³-hybridized carbons (Fsp3) is 0.950. The van der Waals surface area contributed by atoms with Crippen molar-refractivity contribution in [1.29, 1.82) is 0 Å². The second-order valence-corrected chi connectivity index (χ2v) is 9.40. The van der Waals surface area contributed by atoms with Gasteiger partial charge in [-0.25, -0.2) is 0 Å². The molecule has 0 saturated heterocycles. The first-order chi connectivity index (χ1) is 10.3. The zero-order valence-corrected chi connectivity index (χ0v) is 14.9. The first-order valence-electron chi connectivity index (χ1n) is 9.52. The highest BCUT2D eigenvalue weighted by Gasteiger charge is 2.59. The molecule has 0 aromatic carbocycles. The van der Waals surface area contributed by atoms with Gasteiger partial charge >= 0.3 is 5.97 Å². The van der Waals surface area contributed by atoms with Gasteiger partial charge in [-0.15, -0.1) is 0 Å². The number of hydrogen-bond acceptors (Lipinski definition) is 1. The first-order valence-corrected chi connectivity index (χ1v) is 9.52. The summed E-state index contributed by atoms with van der Waals surface area (Å²) in [7, 11) is 0. The standard InChI is InChI=1S/C20H34O2/c1-13(2)14-6-8-16-15(12-14)7-9-17-19(16,3)10-5-11-20(17,4)18(21)22/h13-17H,5-12H2,1-4H3,(H,21,22)/t14-,15-,16-,17+,19-,20-/m1/s1. The van der Waals surface area contributed by atoms with E-state index in [4.69, 9.17) is 0 Å². The molecule has 3 aliphatic carbocycles. The van der Waals surface area contributed by atoms with E-state index in [0.29, 0.717) is 5.92 Å². The number of carboxylic acids is 1. The average Bonchev–Trinajstić information content (AvgIpc) is 2.46. The third-order valence-corrected chi connectivity index (χ3v) is 8.10. The van der Waals surface area contributed by atoms with Crippen molar-refractivity contribution in [1.82, 2.24) is 0 Å². The Morgan fingerprint density at radius 1 is 1.09 bits per heavy atom. The number of fused-ring (bicyclic) bond motifs is 3. The zero-order chi connectivity index (χ0) is 16.1. The van der Waals surface area contributed by atoms with Crippen LogP contribution in [0.3, 0.4) is 0 Å². The highest BCUT2D eigenvalue weighted by atomic mass is 16.4. The van der Waals surface area contributed by atoms with Gasteiger partial charge in [-0.1, -0.05) is 27.2 Å². The SMILES string of the molecule is CC(C)[C@@H]1CC[C@@H]2[C@H](CC[C@H]3[C@]2(C)CCC[C@@]3(C)C(=O)O)C1. The summed E-state index contributed by atoms with van der Waals surface area (Å²) in [5.41, 5.74) is -0.205. The van der Waals surface area contributed by atoms with Gasteiger partial charge in [-0.3, -0.25) is 4.79 Å². The van der Waals surface area contributed by atoms with E-state index in [1.807, 2.05) is 6.92 Å². The van der Waals surface area contributed by atoms with Gasteiger partial charge < -0.3 is 5.11 Å². The Kier molecular flexibility index (Phi) is 4.10. The van der Waals surface area contributed by atoms with Gasteiger partial charge in [0.1, 0.15) is 0 Å². The van der Waals surface area contributed by atoms with Crippen molar-refractivity contribution in [2.45, 2.75) is 79.1 Å². The molecule has 2 nitrogen and oxygen atoms in total. The van der Waals surface area contributed by atoms with Crippen LogP contribution in [0.2, 0.25) is 0 Å². The lowest BCUT2D eigenvalue weighted by Gasteiger charge is -2.60. The smallest absolute Gasteiger partial charge is 0.309 e. The second-order valence-electron chi connectivity index (χ2n) is 9.40. The summed E-state index contributed by atoms with van der Waals surface area (Å²) in [5, 5.41) is 9.86. The fourth-order valence-electron chi connectivity index (χ4n) is 6.73. The molecule has 1 N–H and O–H groups in total. The van der Waals surface area contributed by atoms with Crippen LogP contribution in [0, 0.1) is 40.4 Å². The Hall–Kier alpha value is -0.530. The molecular formula is C20H34O2. The third-order valence-electron chi connectivity index (χ3n) is 8.10. The van der Waals surface area contributed by atoms with Crippen LogP contribution >= 0.6 is 0 Å². The molecule has 22 heavy (non-hydrogen) atoms. The molecule has 3 fully saturated rings. The molecule has 0 radical (unpaired) electrons. The fourth-order valence-corrected chi connectivity index (χ4v) is 6.73. The molecule has 0 aromatic heterocycles. The van der Waals surface area contributed by atoms with Crippen molar-refractivity contribution in [3.05, 3.63) is 0 Å². The normalized spacial score (nSPS) is 48.6. The topological polar surface area (TPSA) is 37.3 Å². The van der Waals surface area contributed by atoms with Gasteiger partial charge in [0.05, 0.1) is 5.41 Å². The van der Waals surface area contributed by atoms with E-state index in [1.54, 1.807) is 0 Å². The van der Waals surface area contributed by atoms with E-state index >= 15 is 0 Å². The monoisotopic (exact) mass is 306 g/mol. The maximum atomic E-state index is 12.0. The predicted molar refractivity (Wildman–Crippen MR) is 89.6 cm³/mol. The molecule has 0 heterocycles. The molecule has 0 bridgehead atoms. The Labute approximate surface area is 136 Å². The van der Waals surface area contributed by atoms with Gasteiger partial charge in [0.15, 0.2) is 0 Å². The molecule has 3 rings (SSSR count). The van der Waals surface area contributed by atoms with Crippen molar-refractivity contribution in [3.63, 3.8) is 0 Å². The Morgan fingerprint density at radius 2 is 1.82 bits per heavy atom. The molecule has 126 valence electrons. The quantitative estimate of drug-likeness (QED) is 0.745. The summed E-state index contributed by atoms with van der Waals surface area (Å²) in [6.07, 6.45) is 9.77. The van der Waals surface area contributed by atoms with Gasteiger partial charge in [-0.2, -0.15) is 0 Å². The van der Waals surface area contributed by atoms with E-state index in [1.165, 1.54) is 32.1 Å². The van der Waals surface area contributed by atoms with Crippen LogP contribution in [0.15, 0.2) is 0 Å². The predicted octanol–water partition coefficient (Wildman–Crippen LogP) is 5.37. The average molecular weight is 306 g/mol. The molecule has 3 aliphatic rings. The van der Waals surface area contributed by atoms with E-state index in [0.717, 1.165) is 42.9 Å². The molecule has 0 aromatic rings. The van der Waals surface area contributed by atoms with Crippen molar-refractivity contribution in [2.75, 3.05) is 0 Å². The first kappa shape index (κ1) is 16.3. The van der Waals surface area contributed by atoms with Crippen molar-refractivity contribution < 1.29 is 9.90 Å². The molecule has 0 unspecified atom stereocenters. The Bertz CT molecular complexity index is 443. The van der Waals surface area contributed by atoms with Crippen LogP contribution in [-0.4, -0.2) is 11.1 Å². The van der Waals surface area contributed by atoms with Crippen LogP contribution in [0.25, 0.3) is 0 Å². The van der Waals surface area contributed by atoms with E-state index in [-0.39, 0.29) is 5.41 Å². The summed E-state index contributed by atoms with van der Waals surface area (Å²) >= 11 is 0. The minimum atomic E-state index is -0.544. The summed E-state index contributed by atoms with van der Waals surface area (Å²) in [5.74, 6) is 3.19. The van der Waals surface area contributed by atoms with Crippen molar-refractivity contribution in [2.24, 2.45) is 40.4 Å². The zero-order valence-electron chi connectivity index (χ0n) is 14.9. The molecule has 3 saturated carbocycles. The minimum absolute atomic E-state index is 0.274. The summed E-state index contributed by atoms with van der Waals surface area (Å²) in [4.78, 5) is 12.0. The second kappa shape index (κ2) is 5.53. The highest BCUT2D eigenvalue weighted by Crippen LogP contribution is 2.64. The Morgan fingerprint density at radius 3 is 2.45 bits per heavy atom. The number of rotatable bonds is 2. The summed E-state index contributed by atoms with van der Waals surface area (Å²) in [6, 6.07) is 0. The summed E-state index contributed by atoms with van der Waals surface area (Å²) in [6.45, 7) is 9.24.